The standard InChI is InChI=1S/C18H22BrN3O2S2/c1-17(2)7-10-11(8-17)13(25-12(10)9-5-6-9)22-15(19)20-21-16(22)26-18(3,4)14(23)24/h9H,5-8H2,1-4H3,(H,23,24). The van der Waals surface area contributed by atoms with E-state index in [1.165, 1.54) is 40.6 Å². The molecule has 0 bridgehead atoms. The van der Waals surface area contributed by atoms with Gasteiger partial charge in [0.2, 0.25) is 4.73 Å². The highest BCUT2D eigenvalue weighted by atomic mass is 79.9. The van der Waals surface area contributed by atoms with Crippen LogP contribution in [0.5, 0.6) is 0 Å². The number of hydrogen-bond donors (Lipinski definition) is 1. The second kappa shape index (κ2) is 6.07. The normalized spacial score (nSPS) is 19.0. The number of thiophene rings is 1. The van der Waals surface area contributed by atoms with Crippen LogP contribution in [0.1, 0.15) is 62.5 Å². The Morgan fingerprint density at radius 1 is 1.31 bits per heavy atom. The summed E-state index contributed by atoms with van der Waals surface area (Å²) in [6, 6.07) is 0. The summed E-state index contributed by atoms with van der Waals surface area (Å²) in [6.45, 7) is 8.04. The average Bonchev–Trinajstić information content (AvgIpc) is 3.14. The zero-order valence-electron chi connectivity index (χ0n) is 15.3. The Hall–Kier alpha value is -0.860. The smallest absolute Gasteiger partial charge is 0.319 e. The third kappa shape index (κ3) is 3.14. The zero-order chi connectivity index (χ0) is 18.9. The van der Waals surface area contributed by atoms with Crippen molar-refractivity contribution in [3.05, 3.63) is 20.7 Å². The van der Waals surface area contributed by atoms with Crippen LogP contribution in [0.4, 0.5) is 0 Å². The Morgan fingerprint density at radius 2 is 1.96 bits per heavy atom. The van der Waals surface area contributed by atoms with Crippen molar-refractivity contribution in [2.75, 3.05) is 0 Å². The lowest BCUT2D eigenvalue weighted by Gasteiger charge is -2.19. The van der Waals surface area contributed by atoms with Gasteiger partial charge in [-0.05, 0) is 77.9 Å². The number of hydrogen-bond acceptors (Lipinski definition) is 5. The maximum absolute atomic E-state index is 11.6. The second-order valence-corrected chi connectivity index (χ2v) is 11.9. The van der Waals surface area contributed by atoms with Crippen molar-refractivity contribution in [2.24, 2.45) is 5.41 Å². The van der Waals surface area contributed by atoms with Crippen LogP contribution in [0.25, 0.3) is 5.00 Å². The molecule has 0 aliphatic heterocycles. The van der Waals surface area contributed by atoms with Crippen LogP contribution < -0.4 is 0 Å². The summed E-state index contributed by atoms with van der Waals surface area (Å²) in [5.41, 5.74) is 3.19. The Labute approximate surface area is 169 Å². The predicted molar refractivity (Wildman–Crippen MR) is 108 cm³/mol. The number of halogens is 1. The van der Waals surface area contributed by atoms with Gasteiger partial charge in [0.15, 0.2) is 5.16 Å². The largest absolute Gasteiger partial charge is 0.480 e. The topological polar surface area (TPSA) is 68.0 Å². The summed E-state index contributed by atoms with van der Waals surface area (Å²) in [6.07, 6.45) is 4.72. The molecule has 0 radical (unpaired) electrons. The molecule has 0 amide bonds. The van der Waals surface area contributed by atoms with E-state index < -0.39 is 10.7 Å². The van der Waals surface area contributed by atoms with Crippen molar-refractivity contribution in [1.82, 2.24) is 14.8 Å². The van der Waals surface area contributed by atoms with Crippen molar-refractivity contribution in [2.45, 2.75) is 69.2 Å². The first-order valence-corrected chi connectivity index (χ1v) is 11.2. The van der Waals surface area contributed by atoms with Gasteiger partial charge in [-0.15, -0.1) is 21.5 Å². The van der Waals surface area contributed by atoms with Gasteiger partial charge in [-0.25, -0.2) is 0 Å². The molecule has 2 heterocycles. The molecule has 8 heteroatoms. The first kappa shape index (κ1) is 18.5. The van der Waals surface area contributed by atoms with Gasteiger partial charge in [0, 0.05) is 4.88 Å². The Balaban J connectivity index is 1.82. The molecule has 2 aromatic heterocycles. The van der Waals surface area contributed by atoms with E-state index in [1.807, 2.05) is 15.9 Å². The van der Waals surface area contributed by atoms with E-state index in [0.717, 1.165) is 17.8 Å². The van der Waals surface area contributed by atoms with E-state index in [9.17, 15) is 9.90 Å². The molecule has 5 nitrogen and oxygen atoms in total. The van der Waals surface area contributed by atoms with Crippen LogP contribution in [0.15, 0.2) is 9.89 Å². The van der Waals surface area contributed by atoms with Gasteiger partial charge in [0.25, 0.3) is 0 Å². The fraction of sp³-hybridized carbons (Fsp3) is 0.611. The Bertz CT molecular complexity index is 897. The van der Waals surface area contributed by atoms with Crippen LogP contribution in [0.3, 0.4) is 0 Å². The fourth-order valence-corrected chi connectivity index (χ4v) is 6.64. The summed E-state index contributed by atoms with van der Waals surface area (Å²) in [7, 11) is 0. The highest BCUT2D eigenvalue weighted by molar-refractivity contribution is 9.10. The maximum Gasteiger partial charge on any atom is 0.319 e. The molecule has 0 saturated heterocycles. The van der Waals surface area contributed by atoms with E-state index in [2.05, 4.69) is 40.0 Å². The molecule has 140 valence electrons. The molecule has 2 aliphatic carbocycles. The molecular formula is C18H22BrN3O2S2. The monoisotopic (exact) mass is 455 g/mol. The molecule has 0 atom stereocenters. The van der Waals surface area contributed by atoms with Gasteiger partial charge in [-0.3, -0.25) is 9.36 Å². The van der Waals surface area contributed by atoms with Crippen molar-refractivity contribution in [3.63, 3.8) is 0 Å². The van der Waals surface area contributed by atoms with E-state index in [4.69, 9.17) is 0 Å². The number of carboxylic acid groups (broad SMARTS) is 1. The first-order valence-electron chi connectivity index (χ1n) is 8.77. The van der Waals surface area contributed by atoms with E-state index in [0.29, 0.717) is 15.8 Å². The second-order valence-electron chi connectivity index (χ2n) is 8.53. The highest BCUT2D eigenvalue weighted by Gasteiger charge is 2.40. The minimum Gasteiger partial charge on any atom is -0.480 e. The maximum atomic E-state index is 11.6. The van der Waals surface area contributed by atoms with Gasteiger partial charge >= 0.3 is 5.97 Å². The average molecular weight is 456 g/mol. The molecule has 1 saturated carbocycles. The van der Waals surface area contributed by atoms with Crippen LogP contribution in [-0.2, 0) is 17.6 Å². The number of rotatable bonds is 5. The summed E-state index contributed by atoms with van der Waals surface area (Å²) in [5, 5.41) is 19.7. The highest BCUT2D eigenvalue weighted by Crippen LogP contribution is 2.54. The molecule has 4 rings (SSSR count). The summed E-state index contributed by atoms with van der Waals surface area (Å²) in [4.78, 5) is 13.1. The lowest BCUT2D eigenvalue weighted by Crippen LogP contribution is -2.27. The quantitative estimate of drug-likeness (QED) is 0.638. The number of carboxylic acids is 1. The van der Waals surface area contributed by atoms with Crippen LogP contribution in [0, 0.1) is 5.41 Å². The first-order chi connectivity index (χ1) is 12.1. The lowest BCUT2D eigenvalue weighted by atomic mass is 9.90. The van der Waals surface area contributed by atoms with E-state index >= 15 is 0 Å². The number of fused-ring (bicyclic) bond motifs is 1. The van der Waals surface area contributed by atoms with Crippen LogP contribution >= 0.6 is 39.0 Å². The Morgan fingerprint density at radius 3 is 2.58 bits per heavy atom. The summed E-state index contributed by atoms with van der Waals surface area (Å²) in [5.74, 6) is -0.150. The number of aliphatic carboxylic acids is 1. The van der Waals surface area contributed by atoms with Gasteiger partial charge in [-0.2, -0.15) is 0 Å². The van der Waals surface area contributed by atoms with Crippen LogP contribution in [0.2, 0.25) is 0 Å². The van der Waals surface area contributed by atoms with Crippen molar-refractivity contribution >= 4 is 45.0 Å². The number of nitrogens with zero attached hydrogens (tertiary/aromatic N) is 3. The van der Waals surface area contributed by atoms with Gasteiger partial charge in [0.1, 0.15) is 9.75 Å². The van der Waals surface area contributed by atoms with Crippen LogP contribution in [-0.4, -0.2) is 30.6 Å². The SMILES string of the molecule is CC1(C)Cc2c(C3CC3)sc(-n3c(Br)nnc3SC(C)(C)C(=O)O)c2C1. The van der Waals surface area contributed by atoms with E-state index in [1.54, 1.807) is 13.8 Å². The number of thioether (sulfide) groups is 1. The van der Waals surface area contributed by atoms with Gasteiger partial charge in [0.05, 0.1) is 0 Å². The van der Waals surface area contributed by atoms with E-state index in [-0.39, 0.29) is 5.41 Å². The van der Waals surface area contributed by atoms with Crippen molar-refractivity contribution in [1.29, 1.82) is 0 Å². The molecule has 2 aliphatic rings. The molecule has 1 N–H and O–H groups in total. The van der Waals surface area contributed by atoms with Gasteiger partial charge in [-0.1, -0.05) is 25.6 Å². The predicted octanol–water partition coefficient (Wildman–Crippen LogP) is 5.05. The molecule has 2 aromatic rings. The molecule has 26 heavy (non-hydrogen) atoms. The number of carbonyl (C=O) groups is 1. The van der Waals surface area contributed by atoms with Gasteiger partial charge < -0.3 is 5.11 Å². The number of aromatic nitrogens is 3. The molecule has 1 fully saturated rings. The zero-order valence-corrected chi connectivity index (χ0v) is 18.5. The summed E-state index contributed by atoms with van der Waals surface area (Å²) >= 11 is 6.62. The fourth-order valence-electron chi connectivity index (χ4n) is 3.52. The molecule has 0 spiro atoms. The van der Waals surface area contributed by atoms with Crippen molar-refractivity contribution < 1.29 is 9.90 Å². The minimum atomic E-state index is -0.969. The molecular weight excluding hydrogens is 434 g/mol. The Kier molecular flexibility index (Phi) is 4.32. The third-order valence-corrected chi connectivity index (χ3v) is 8.11. The summed E-state index contributed by atoms with van der Waals surface area (Å²) < 4.78 is 1.67. The minimum absolute atomic E-state index is 0.269. The molecule has 0 aromatic carbocycles. The molecule has 0 unspecified atom stereocenters. The third-order valence-electron chi connectivity index (χ3n) is 5.04. The van der Waals surface area contributed by atoms with Crippen molar-refractivity contribution in [3.8, 4) is 5.00 Å². The lowest BCUT2D eigenvalue weighted by molar-refractivity contribution is -0.138.